The van der Waals surface area contributed by atoms with Gasteiger partial charge in [0.05, 0.1) is 4.90 Å². The molecule has 0 aliphatic heterocycles. The molecule has 0 heterocycles. The number of carbonyl (C=O) groups is 1. The zero-order valence-electron chi connectivity index (χ0n) is 15.5. The van der Waals surface area contributed by atoms with Crippen LogP contribution in [0.25, 0.3) is 0 Å². The minimum absolute atomic E-state index is 0.209. The third-order valence-corrected chi connectivity index (χ3v) is 5.57. The smallest absolute Gasteiger partial charge is 0.319 e. The lowest BCUT2D eigenvalue weighted by molar-refractivity contribution is 0.253. The molecule has 0 radical (unpaired) electrons. The summed E-state index contributed by atoms with van der Waals surface area (Å²) in [4.78, 5) is 11.8. The molecule has 2 amide bonds. The monoisotopic (exact) mass is 387 g/mol. The molecular weight excluding hydrogens is 362 g/mol. The Morgan fingerprint density at radius 1 is 1.07 bits per heavy atom. The first-order chi connectivity index (χ1) is 12.9. The van der Waals surface area contributed by atoms with Crippen LogP contribution in [0.2, 0.25) is 0 Å². The van der Waals surface area contributed by atoms with Gasteiger partial charge in [-0.25, -0.2) is 13.2 Å². The Morgan fingerprint density at radius 3 is 2.22 bits per heavy atom. The third kappa shape index (κ3) is 5.86. The van der Waals surface area contributed by atoms with Gasteiger partial charge in [0, 0.05) is 17.9 Å². The number of rotatable bonds is 8. The van der Waals surface area contributed by atoms with Crippen molar-refractivity contribution >= 4 is 27.4 Å². The molecule has 0 saturated carbocycles. The molecule has 3 N–H and O–H groups in total. The molecule has 1 unspecified atom stereocenters. The Morgan fingerprint density at radius 2 is 1.67 bits per heavy atom. The van der Waals surface area contributed by atoms with Crippen LogP contribution in [-0.2, 0) is 10.0 Å². The first kappa shape index (κ1) is 20.5. The van der Waals surface area contributed by atoms with Gasteiger partial charge in [0.25, 0.3) is 10.0 Å². The number of benzene rings is 2. The summed E-state index contributed by atoms with van der Waals surface area (Å²) in [6, 6.07) is 13.0. The maximum Gasteiger partial charge on any atom is 0.319 e. The first-order valence-electron chi connectivity index (χ1n) is 8.74. The Kier molecular flexibility index (Phi) is 7.01. The van der Waals surface area contributed by atoms with E-state index in [1.165, 1.54) is 0 Å². The van der Waals surface area contributed by atoms with Gasteiger partial charge in [-0.3, -0.25) is 4.72 Å². The summed E-state index contributed by atoms with van der Waals surface area (Å²) in [5.74, 6) is 0.387. The molecule has 2 rings (SSSR count). The normalized spacial score (nSPS) is 12.1. The number of sulfonamides is 1. The molecule has 0 bridgehead atoms. The van der Waals surface area contributed by atoms with Crippen LogP contribution >= 0.6 is 0 Å². The second-order valence-corrected chi connectivity index (χ2v) is 7.87. The van der Waals surface area contributed by atoms with Crippen molar-refractivity contribution in [2.24, 2.45) is 0 Å². The fourth-order valence-electron chi connectivity index (χ4n) is 2.39. The van der Waals surface area contributed by atoms with Crippen LogP contribution in [-0.4, -0.2) is 21.0 Å². The van der Waals surface area contributed by atoms with Crippen molar-refractivity contribution in [3.8, 4) is 0 Å². The quantitative estimate of drug-likeness (QED) is 0.590. The summed E-state index contributed by atoms with van der Waals surface area (Å²) < 4.78 is 27.6. The summed E-state index contributed by atoms with van der Waals surface area (Å²) in [7, 11) is -3.67. The third-order valence-electron chi connectivity index (χ3n) is 4.17. The lowest BCUT2D eigenvalue weighted by Crippen LogP contribution is -2.28. The number of anilines is 2. The van der Waals surface area contributed by atoms with Crippen LogP contribution in [0.1, 0.15) is 31.7 Å². The van der Waals surface area contributed by atoms with Crippen LogP contribution in [0.5, 0.6) is 0 Å². The molecule has 0 saturated heterocycles. The fraction of sp³-hybridized carbons (Fsp3) is 0.250. The van der Waals surface area contributed by atoms with Gasteiger partial charge in [0.2, 0.25) is 0 Å². The van der Waals surface area contributed by atoms with Gasteiger partial charge in [-0.2, -0.15) is 0 Å². The molecule has 0 aliphatic carbocycles. The van der Waals surface area contributed by atoms with E-state index in [4.69, 9.17) is 0 Å². The number of amides is 2. The lowest BCUT2D eigenvalue weighted by atomic mass is 9.99. The summed E-state index contributed by atoms with van der Waals surface area (Å²) in [6.07, 6.45) is 2.57. The summed E-state index contributed by atoms with van der Waals surface area (Å²) in [5.41, 5.74) is 2.08. The van der Waals surface area contributed by atoms with Crippen LogP contribution in [0.3, 0.4) is 0 Å². The minimum Gasteiger partial charge on any atom is -0.334 e. The van der Waals surface area contributed by atoms with E-state index in [1.807, 2.05) is 12.1 Å². The highest BCUT2D eigenvalue weighted by Gasteiger charge is 2.15. The predicted molar refractivity (Wildman–Crippen MR) is 110 cm³/mol. The average Bonchev–Trinajstić information content (AvgIpc) is 2.67. The van der Waals surface area contributed by atoms with E-state index < -0.39 is 10.0 Å². The molecule has 0 fully saturated rings. The van der Waals surface area contributed by atoms with Gasteiger partial charge in [-0.15, -0.1) is 6.58 Å². The first-order valence-corrected chi connectivity index (χ1v) is 10.2. The molecule has 2 aromatic rings. The molecule has 2 aromatic carbocycles. The molecule has 0 aromatic heterocycles. The van der Waals surface area contributed by atoms with E-state index >= 15 is 0 Å². The number of hydrogen-bond donors (Lipinski definition) is 3. The highest BCUT2D eigenvalue weighted by Crippen LogP contribution is 2.22. The van der Waals surface area contributed by atoms with Crippen molar-refractivity contribution < 1.29 is 13.2 Å². The maximum atomic E-state index is 12.5. The molecule has 27 heavy (non-hydrogen) atoms. The molecule has 0 aliphatic rings. The van der Waals surface area contributed by atoms with Crippen molar-refractivity contribution in [1.82, 2.24) is 5.32 Å². The van der Waals surface area contributed by atoms with Crippen molar-refractivity contribution in [2.45, 2.75) is 31.1 Å². The summed E-state index contributed by atoms with van der Waals surface area (Å²) >= 11 is 0. The van der Waals surface area contributed by atoms with E-state index in [9.17, 15) is 13.2 Å². The van der Waals surface area contributed by atoms with Crippen molar-refractivity contribution in [3.05, 3.63) is 66.7 Å². The van der Waals surface area contributed by atoms with Crippen molar-refractivity contribution in [1.29, 1.82) is 0 Å². The number of carbonyl (C=O) groups excluding carboxylic acids is 1. The standard InChI is InChI=1S/C20H25N3O3S/c1-4-14-21-20(24)22-17-8-10-18(11-9-17)23-27(25,26)19-12-6-16(7-13-19)15(3)5-2/h4,6-13,15,23H,1,5,14H2,2-3H3,(H2,21,22,24). The maximum absolute atomic E-state index is 12.5. The Bertz CT molecular complexity index is 876. The van der Waals surface area contributed by atoms with Crippen LogP contribution in [0, 0.1) is 0 Å². The topological polar surface area (TPSA) is 87.3 Å². The molecule has 0 spiro atoms. The van der Waals surface area contributed by atoms with Gasteiger partial charge < -0.3 is 10.6 Å². The van der Waals surface area contributed by atoms with Crippen LogP contribution in [0.15, 0.2) is 66.1 Å². The highest BCUT2D eigenvalue weighted by atomic mass is 32.2. The van der Waals surface area contributed by atoms with E-state index in [0.29, 0.717) is 23.8 Å². The van der Waals surface area contributed by atoms with Gasteiger partial charge >= 0.3 is 6.03 Å². The van der Waals surface area contributed by atoms with Gasteiger partial charge in [-0.05, 0) is 54.3 Å². The fourth-order valence-corrected chi connectivity index (χ4v) is 3.45. The summed E-state index contributed by atoms with van der Waals surface area (Å²) in [6.45, 7) is 8.08. The molecular formula is C20H25N3O3S. The molecule has 144 valence electrons. The largest absolute Gasteiger partial charge is 0.334 e. The van der Waals surface area contributed by atoms with E-state index in [-0.39, 0.29) is 10.9 Å². The van der Waals surface area contributed by atoms with E-state index in [0.717, 1.165) is 12.0 Å². The van der Waals surface area contributed by atoms with E-state index in [2.05, 4.69) is 35.8 Å². The number of hydrogen-bond acceptors (Lipinski definition) is 3. The second kappa shape index (κ2) is 9.23. The van der Waals surface area contributed by atoms with Crippen molar-refractivity contribution in [3.63, 3.8) is 0 Å². The molecule has 7 heteroatoms. The van der Waals surface area contributed by atoms with E-state index in [1.54, 1.807) is 42.5 Å². The van der Waals surface area contributed by atoms with Gasteiger partial charge in [-0.1, -0.05) is 32.1 Å². The average molecular weight is 388 g/mol. The highest BCUT2D eigenvalue weighted by molar-refractivity contribution is 7.92. The summed E-state index contributed by atoms with van der Waals surface area (Å²) in [5, 5.41) is 5.24. The zero-order chi connectivity index (χ0) is 19.9. The van der Waals surface area contributed by atoms with Crippen LogP contribution in [0.4, 0.5) is 16.2 Å². The zero-order valence-corrected chi connectivity index (χ0v) is 16.3. The second-order valence-electron chi connectivity index (χ2n) is 6.18. The number of urea groups is 1. The molecule has 6 nitrogen and oxygen atoms in total. The predicted octanol–water partition coefficient (Wildman–Crippen LogP) is 4.31. The Labute approximate surface area is 160 Å². The Hall–Kier alpha value is -2.80. The molecule has 1 atom stereocenters. The van der Waals surface area contributed by atoms with Gasteiger partial charge in [0.1, 0.15) is 0 Å². The lowest BCUT2D eigenvalue weighted by Gasteiger charge is -2.12. The Balaban J connectivity index is 2.04. The van der Waals surface area contributed by atoms with Crippen LogP contribution < -0.4 is 15.4 Å². The minimum atomic E-state index is -3.67. The SMILES string of the molecule is C=CCNC(=O)Nc1ccc(NS(=O)(=O)c2ccc(C(C)CC)cc2)cc1. The van der Waals surface area contributed by atoms with Crippen molar-refractivity contribution in [2.75, 3.05) is 16.6 Å². The van der Waals surface area contributed by atoms with Gasteiger partial charge in [0.15, 0.2) is 0 Å². The number of nitrogens with one attached hydrogen (secondary N) is 3.